The van der Waals surface area contributed by atoms with Gasteiger partial charge < -0.3 is 4.90 Å². The van der Waals surface area contributed by atoms with E-state index in [4.69, 9.17) is 34.8 Å². The van der Waals surface area contributed by atoms with Crippen LogP contribution >= 0.6 is 34.8 Å². The van der Waals surface area contributed by atoms with E-state index in [1.54, 1.807) is 0 Å². The van der Waals surface area contributed by atoms with Gasteiger partial charge in [-0.2, -0.15) is 0 Å². The predicted molar refractivity (Wildman–Crippen MR) is 188 cm³/mol. The molecule has 0 amide bonds. The number of allylic oxidation sites excluding steroid dienone is 8. The summed E-state index contributed by atoms with van der Waals surface area (Å²) in [6.07, 6.45) is 24.8. The fraction of sp³-hybridized carbons (Fsp3) is 0.763. The van der Waals surface area contributed by atoms with Gasteiger partial charge in [0.15, 0.2) is 11.8 Å². The monoisotopic (exact) mass is 647 g/mol. The van der Waals surface area contributed by atoms with Crippen molar-refractivity contribution < 1.29 is 4.58 Å². The number of likely N-dealkylation sites (tertiary alicyclic amines) is 1. The molecule has 2 aliphatic heterocycles. The first kappa shape index (κ1) is 33.7. The average Bonchev–Trinajstić information content (AvgIpc) is 3.31. The van der Waals surface area contributed by atoms with Crippen molar-refractivity contribution in [3.8, 4) is 0 Å². The molecule has 1 saturated heterocycles. The SMILES string of the molecule is CCCCN1/C(=C/C=C2\CCCC(/C=C/C3=[N+](CCCC)C4CCC(Cl)CC4C3(C)C)=C2Cl)C(C)(C)C2CC(Cl)CCC21. The number of hydrogen-bond donors (Lipinski definition) is 0. The molecule has 0 N–H and O–H groups in total. The minimum Gasteiger partial charge on any atom is -0.371 e. The van der Waals surface area contributed by atoms with Gasteiger partial charge in [0.2, 0.25) is 0 Å². The molecule has 2 saturated carbocycles. The number of unbranched alkanes of at least 4 members (excludes halogenated alkanes) is 2. The Morgan fingerprint density at radius 2 is 1.53 bits per heavy atom. The van der Waals surface area contributed by atoms with Crippen LogP contribution in [0.1, 0.15) is 125 Å². The van der Waals surface area contributed by atoms with Gasteiger partial charge in [0.1, 0.15) is 6.54 Å². The van der Waals surface area contributed by atoms with Gasteiger partial charge in [-0.25, -0.2) is 4.58 Å². The van der Waals surface area contributed by atoms with Gasteiger partial charge in [-0.1, -0.05) is 64.3 Å². The summed E-state index contributed by atoms with van der Waals surface area (Å²) in [5, 5.41) is 1.61. The Morgan fingerprint density at radius 3 is 2.26 bits per heavy atom. The van der Waals surface area contributed by atoms with Crippen molar-refractivity contribution in [1.82, 2.24) is 4.90 Å². The van der Waals surface area contributed by atoms with Crippen molar-refractivity contribution in [3.63, 3.8) is 0 Å². The Bertz CT molecular complexity index is 1170. The Kier molecular flexibility index (Phi) is 10.9. The predicted octanol–water partition coefficient (Wildman–Crippen LogP) is 11.0. The molecular formula is C38H58Cl3N2+. The summed E-state index contributed by atoms with van der Waals surface area (Å²) < 4.78 is 2.75. The van der Waals surface area contributed by atoms with Crippen molar-refractivity contribution in [2.75, 3.05) is 13.1 Å². The second kappa shape index (κ2) is 14.0. The third kappa shape index (κ3) is 6.74. The minimum atomic E-state index is 0.127. The molecule has 240 valence electrons. The Hall–Kier alpha value is -0.700. The van der Waals surface area contributed by atoms with Crippen LogP contribution in [0, 0.1) is 22.7 Å². The molecule has 3 fully saturated rings. The van der Waals surface area contributed by atoms with E-state index >= 15 is 0 Å². The van der Waals surface area contributed by atoms with Crippen molar-refractivity contribution in [1.29, 1.82) is 0 Å². The topological polar surface area (TPSA) is 6.25 Å². The average molecular weight is 649 g/mol. The standard InChI is InChI=1S/C38H58Cl3N2/c1-7-9-22-42-32-18-16-28(39)24-30(32)37(3,4)34(42)20-14-26-12-11-13-27(36(26)41)15-21-35-38(5,6)31-25-29(40)17-19-33(31)43(35)23-10-8-2/h14-15,20-21,28-33H,7-13,16-19,22-25H2,1-6H3/q+1. The first-order chi connectivity index (χ1) is 20.5. The lowest BCUT2D eigenvalue weighted by atomic mass is 9.69. The third-order valence-electron chi connectivity index (χ3n) is 11.9. The van der Waals surface area contributed by atoms with Crippen LogP contribution in [0.4, 0.5) is 0 Å². The van der Waals surface area contributed by atoms with E-state index < -0.39 is 0 Å². The zero-order valence-corrected chi connectivity index (χ0v) is 30.2. The second-order valence-electron chi connectivity index (χ2n) is 15.4. The number of halogens is 3. The lowest BCUT2D eigenvalue weighted by molar-refractivity contribution is -0.566. The molecule has 3 aliphatic carbocycles. The van der Waals surface area contributed by atoms with Crippen LogP contribution in [-0.4, -0.2) is 51.1 Å². The molecular weight excluding hydrogens is 591 g/mol. The lowest BCUT2D eigenvalue weighted by Gasteiger charge is -2.36. The van der Waals surface area contributed by atoms with Crippen LogP contribution in [0.3, 0.4) is 0 Å². The van der Waals surface area contributed by atoms with Crippen molar-refractivity contribution >= 4 is 40.5 Å². The summed E-state index contributed by atoms with van der Waals surface area (Å²) in [7, 11) is 0. The van der Waals surface area contributed by atoms with Gasteiger partial charge in [0.25, 0.3) is 0 Å². The van der Waals surface area contributed by atoms with Crippen LogP contribution in [0.5, 0.6) is 0 Å². The van der Waals surface area contributed by atoms with E-state index in [0.717, 1.165) is 63.1 Å². The molecule has 6 unspecified atom stereocenters. The molecule has 0 aromatic rings. The Balaban J connectivity index is 1.44. The number of alkyl halides is 2. The highest BCUT2D eigenvalue weighted by molar-refractivity contribution is 6.32. The minimum absolute atomic E-state index is 0.127. The Morgan fingerprint density at radius 1 is 0.837 bits per heavy atom. The molecule has 0 aromatic carbocycles. The van der Waals surface area contributed by atoms with Crippen LogP contribution in [-0.2, 0) is 0 Å². The number of rotatable bonds is 9. The first-order valence-electron chi connectivity index (χ1n) is 17.7. The number of hydrogen-bond acceptors (Lipinski definition) is 1. The van der Waals surface area contributed by atoms with Gasteiger partial charge in [-0.05, 0) is 94.8 Å². The molecule has 43 heavy (non-hydrogen) atoms. The summed E-state index contributed by atoms with van der Waals surface area (Å²) in [6, 6.07) is 1.24. The molecule has 0 bridgehead atoms. The van der Waals surface area contributed by atoms with Crippen LogP contribution < -0.4 is 0 Å². The third-order valence-corrected chi connectivity index (χ3v) is 13.2. The molecule has 2 nitrogen and oxygen atoms in total. The zero-order valence-electron chi connectivity index (χ0n) is 27.9. The molecule has 0 aromatic heterocycles. The van der Waals surface area contributed by atoms with Gasteiger partial charge in [0, 0.05) is 64.3 Å². The van der Waals surface area contributed by atoms with E-state index in [1.807, 2.05) is 0 Å². The highest BCUT2D eigenvalue weighted by Gasteiger charge is 2.55. The zero-order chi connectivity index (χ0) is 30.9. The molecule has 0 spiro atoms. The van der Waals surface area contributed by atoms with E-state index in [0.29, 0.717) is 34.7 Å². The van der Waals surface area contributed by atoms with Gasteiger partial charge >= 0.3 is 0 Å². The van der Waals surface area contributed by atoms with E-state index in [-0.39, 0.29) is 10.8 Å². The Labute approximate surface area is 278 Å². The van der Waals surface area contributed by atoms with E-state index in [1.165, 1.54) is 61.1 Å². The fourth-order valence-electron chi connectivity index (χ4n) is 9.40. The maximum absolute atomic E-state index is 7.24. The first-order valence-corrected chi connectivity index (χ1v) is 18.9. The quantitative estimate of drug-likeness (QED) is 0.178. The highest BCUT2D eigenvalue weighted by atomic mass is 35.5. The largest absolute Gasteiger partial charge is 0.371 e. The maximum atomic E-state index is 7.24. The van der Waals surface area contributed by atoms with E-state index in [9.17, 15) is 0 Å². The van der Waals surface area contributed by atoms with Crippen LogP contribution in [0.15, 0.2) is 46.2 Å². The molecule has 5 rings (SSSR count). The van der Waals surface area contributed by atoms with Crippen molar-refractivity contribution in [2.24, 2.45) is 22.7 Å². The fourth-order valence-corrected chi connectivity index (χ4v) is 10.3. The van der Waals surface area contributed by atoms with Gasteiger partial charge in [-0.3, -0.25) is 0 Å². The summed E-state index contributed by atoms with van der Waals surface area (Å²) >= 11 is 20.7. The summed E-state index contributed by atoms with van der Waals surface area (Å²) in [6.45, 7) is 16.7. The molecule has 5 heteroatoms. The van der Waals surface area contributed by atoms with Crippen molar-refractivity contribution in [2.45, 2.75) is 148 Å². The van der Waals surface area contributed by atoms with Gasteiger partial charge in [0.05, 0.1) is 5.41 Å². The normalized spacial score (nSPS) is 35.9. The molecule has 2 heterocycles. The molecule has 0 radical (unpaired) electrons. The van der Waals surface area contributed by atoms with Gasteiger partial charge in [-0.15, -0.1) is 23.2 Å². The molecule has 6 atom stereocenters. The lowest BCUT2D eigenvalue weighted by Crippen LogP contribution is -2.38. The van der Waals surface area contributed by atoms with Crippen LogP contribution in [0.2, 0.25) is 0 Å². The summed E-state index contributed by atoms with van der Waals surface area (Å²) in [5.41, 5.74) is 5.85. The smallest absolute Gasteiger partial charge is 0.182 e. The number of fused-ring (bicyclic) bond motifs is 2. The van der Waals surface area contributed by atoms with Crippen molar-refractivity contribution in [3.05, 3.63) is 46.2 Å². The molecule has 5 aliphatic rings. The summed E-state index contributed by atoms with van der Waals surface area (Å²) in [4.78, 5) is 2.75. The second-order valence-corrected chi connectivity index (χ2v) is 17.0. The van der Waals surface area contributed by atoms with Crippen LogP contribution in [0.25, 0.3) is 0 Å². The van der Waals surface area contributed by atoms with E-state index in [2.05, 4.69) is 75.3 Å². The summed E-state index contributed by atoms with van der Waals surface area (Å²) in [5.74, 6) is 1.25. The maximum Gasteiger partial charge on any atom is 0.182 e. The highest BCUT2D eigenvalue weighted by Crippen LogP contribution is 2.54. The number of nitrogens with zero attached hydrogens (tertiary/aromatic N) is 2.